The van der Waals surface area contributed by atoms with Gasteiger partial charge in [0.2, 0.25) is 0 Å². The van der Waals surface area contributed by atoms with Gasteiger partial charge in [0, 0.05) is 5.69 Å². The Labute approximate surface area is 109 Å². The van der Waals surface area contributed by atoms with Gasteiger partial charge in [-0.25, -0.2) is 14.5 Å². The van der Waals surface area contributed by atoms with Crippen LogP contribution in [0.1, 0.15) is 22.3 Å². The van der Waals surface area contributed by atoms with Gasteiger partial charge in [-0.2, -0.15) is 0 Å². The number of hydrogen-bond acceptors (Lipinski definition) is 6. The van der Waals surface area contributed by atoms with Gasteiger partial charge >= 0.3 is 5.97 Å². The van der Waals surface area contributed by atoms with E-state index >= 15 is 0 Å². The molecule has 0 aliphatic rings. The first-order chi connectivity index (χ1) is 9.10. The maximum atomic E-state index is 11.2. The molecule has 100 valence electrons. The third kappa shape index (κ3) is 3.08. The highest BCUT2D eigenvalue weighted by atomic mass is 16.5. The molecular formula is C12H14N4O3. The number of methoxy groups -OCH3 is 1. The van der Waals surface area contributed by atoms with Crippen molar-refractivity contribution in [1.82, 2.24) is 14.8 Å². The second kappa shape index (κ2) is 5.49. The van der Waals surface area contributed by atoms with Gasteiger partial charge < -0.3 is 15.6 Å². The van der Waals surface area contributed by atoms with Crippen molar-refractivity contribution in [2.45, 2.75) is 12.6 Å². The summed E-state index contributed by atoms with van der Waals surface area (Å²) in [4.78, 5) is 15.0. The van der Waals surface area contributed by atoms with Gasteiger partial charge in [0.25, 0.3) is 5.82 Å². The first kappa shape index (κ1) is 13.0. The number of benzene rings is 1. The van der Waals surface area contributed by atoms with E-state index in [9.17, 15) is 9.90 Å². The van der Waals surface area contributed by atoms with Gasteiger partial charge in [0.15, 0.2) is 0 Å². The van der Waals surface area contributed by atoms with E-state index in [4.69, 9.17) is 5.73 Å². The molecule has 1 atom stereocenters. The van der Waals surface area contributed by atoms with Crippen molar-refractivity contribution in [3.05, 3.63) is 42.0 Å². The van der Waals surface area contributed by atoms with Crippen molar-refractivity contribution < 1.29 is 14.6 Å². The lowest BCUT2D eigenvalue weighted by Crippen LogP contribution is -2.11. The number of carbonyl (C=O) groups is 1. The third-order valence-corrected chi connectivity index (χ3v) is 2.56. The van der Waals surface area contributed by atoms with E-state index in [2.05, 4.69) is 14.8 Å². The molecule has 0 radical (unpaired) electrons. The molecule has 19 heavy (non-hydrogen) atoms. The summed E-state index contributed by atoms with van der Waals surface area (Å²) >= 11 is 0. The molecule has 0 amide bonds. The zero-order chi connectivity index (χ0) is 13.8. The predicted octanol–water partition coefficient (Wildman–Crippen LogP) is 0.381. The number of aromatic nitrogens is 3. The zero-order valence-electron chi connectivity index (χ0n) is 10.4. The van der Waals surface area contributed by atoms with Crippen molar-refractivity contribution >= 4 is 11.7 Å². The average molecular weight is 262 g/mol. The number of ether oxygens (including phenoxy) is 1. The molecule has 2 aromatic rings. The monoisotopic (exact) mass is 262 g/mol. The molecule has 0 fully saturated rings. The zero-order valence-corrected chi connectivity index (χ0v) is 10.4. The van der Waals surface area contributed by atoms with Crippen LogP contribution < -0.4 is 5.73 Å². The molecule has 0 bridgehead atoms. The van der Waals surface area contributed by atoms with Crippen LogP contribution >= 0.6 is 0 Å². The van der Waals surface area contributed by atoms with Crippen LogP contribution in [0.3, 0.4) is 0 Å². The highest BCUT2D eigenvalue weighted by molar-refractivity contribution is 5.84. The Bertz CT molecular complexity index is 582. The van der Waals surface area contributed by atoms with Gasteiger partial charge in [-0.15, -0.1) is 5.10 Å². The molecule has 0 saturated carbocycles. The fourth-order valence-corrected chi connectivity index (χ4v) is 1.62. The van der Waals surface area contributed by atoms with Gasteiger partial charge in [-0.1, -0.05) is 12.1 Å². The lowest BCUT2D eigenvalue weighted by Gasteiger charge is -2.11. The van der Waals surface area contributed by atoms with Gasteiger partial charge in [0.05, 0.1) is 19.8 Å². The Hall–Kier alpha value is -2.41. The maximum absolute atomic E-state index is 11.2. The van der Waals surface area contributed by atoms with Crippen LogP contribution in [0.15, 0.2) is 30.6 Å². The fraction of sp³-hybridized carbons (Fsp3) is 0.250. The minimum atomic E-state index is -0.782. The molecule has 0 spiro atoms. The first-order valence-electron chi connectivity index (χ1n) is 5.61. The van der Waals surface area contributed by atoms with Crippen molar-refractivity contribution in [1.29, 1.82) is 0 Å². The summed E-state index contributed by atoms with van der Waals surface area (Å²) in [5.41, 5.74) is 6.90. The van der Waals surface area contributed by atoms with Gasteiger partial charge in [0.1, 0.15) is 6.33 Å². The summed E-state index contributed by atoms with van der Waals surface area (Å²) in [6.07, 6.45) is 0.581. The first-order valence-corrected chi connectivity index (χ1v) is 5.61. The molecule has 7 heteroatoms. The lowest BCUT2D eigenvalue weighted by atomic mass is 10.1. The molecule has 1 aromatic carbocycles. The summed E-state index contributed by atoms with van der Waals surface area (Å²) in [7, 11) is 1.25. The van der Waals surface area contributed by atoms with Crippen molar-refractivity contribution in [2.75, 3.05) is 12.8 Å². The number of aliphatic hydroxyl groups excluding tert-OH is 1. The van der Waals surface area contributed by atoms with Crippen LogP contribution in [0.25, 0.3) is 0 Å². The maximum Gasteiger partial charge on any atom is 0.377 e. The quantitative estimate of drug-likeness (QED) is 0.610. The number of aliphatic hydroxyl groups is 1. The van der Waals surface area contributed by atoms with Crippen LogP contribution in [0, 0.1) is 0 Å². The Balaban J connectivity index is 2.08. The van der Waals surface area contributed by atoms with E-state index < -0.39 is 12.1 Å². The number of nitrogen functional groups attached to an aromatic ring is 1. The number of anilines is 1. The highest BCUT2D eigenvalue weighted by Gasteiger charge is 2.14. The van der Waals surface area contributed by atoms with Crippen molar-refractivity contribution in [2.24, 2.45) is 0 Å². The SMILES string of the molecule is COC(=O)c1ncn(CC(O)c2cccc(N)c2)n1. The Kier molecular flexibility index (Phi) is 3.76. The van der Waals surface area contributed by atoms with Crippen LogP contribution in [0.4, 0.5) is 5.69 Å². The van der Waals surface area contributed by atoms with Gasteiger partial charge in [-0.05, 0) is 17.7 Å². The predicted molar refractivity (Wildman–Crippen MR) is 67.2 cm³/mol. The molecular weight excluding hydrogens is 248 g/mol. The van der Waals surface area contributed by atoms with Crippen molar-refractivity contribution in [3.8, 4) is 0 Å². The molecule has 7 nitrogen and oxygen atoms in total. The van der Waals surface area contributed by atoms with Crippen LogP contribution in [-0.4, -0.2) is 33.0 Å². The van der Waals surface area contributed by atoms with Crippen molar-refractivity contribution in [3.63, 3.8) is 0 Å². The second-order valence-electron chi connectivity index (χ2n) is 3.97. The van der Waals surface area contributed by atoms with E-state index in [1.54, 1.807) is 24.3 Å². The number of nitrogens with zero attached hydrogens (tertiary/aromatic N) is 3. The minimum Gasteiger partial charge on any atom is -0.463 e. The van der Waals surface area contributed by atoms with E-state index in [1.165, 1.54) is 18.1 Å². The number of rotatable bonds is 4. The van der Waals surface area contributed by atoms with E-state index in [0.29, 0.717) is 11.3 Å². The van der Waals surface area contributed by atoms with E-state index in [-0.39, 0.29) is 12.4 Å². The van der Waals surface area contributed by atoms with Gasteiger partial charge in [-0.3, -0.25) is 0 Å². The van der Waals surface area contributed by atoms with Crippen LogP contribution in [0.2, 0.25) is 0 Å². The Morgan fingerprint density at radius 3 is 3.05 bits per heavy atom. The molecule has 0 saturated heterocycles. The highest BCUT2D eigenvalue weighted by Crippen LogP contribution is 2.17. The van der Waals surface area contributed by atoms with E-state index in [1.807, 2.05) is 0 Å². The number of nitrogens with two attached hydrogens (primary N) is 1. The average Bonchev–Trinajstić information content (AvgIpc) is 2.86. The normalized spacial score (nSPS) is 12.1. The number of carbonyl (C=O) groups excluding carboxylic acids is 1. The largest absolute Gasteiger partial charge is 0.463 e. The van der Waals surface area contributed by atoms with Crippen LogP contribution in [-0.2, 0) is 11.3 Å². The topological polar surface area (TPSA) is 103 Å². The number of hydrogen-bond donors (Lipinski definition) is 2. The second-order valence-corrected chi connectivity index (χ2v) is 3.97. The molecule has 0 aliphatic heterocycles. The summed E-state index contributed by atoms with van der Waals surface area (Å²) in [5.74, 6) is -0.653. The summed E-state index contributed by atoms with van der Waals surface area (Å²) < 4.78 is 5.87. The molecule has 1 heterocycles. The molecule has 0 aliphatic carbocycles. The number of esters is 1. The minimum absolute atomic E-state index is 0.0396. The Morgan fingerprint density at radius 1 is 1.58 bits per heavy atom. The smallest absolute Gasteiger partial charge is 0.377 e. The van der Waals surface area contributed by atoms with Crippen LogP contribution in [0.5, 0.6) is 0 Å². The molecule has 1 unspecified atom stereocenters. The standard InChI is InChI=1S/C12H14N4O3/c1-19-12(18)11-14-7-16(15-11)6-10(17)8-3-2-4-9(13)5-8/h2-5,7,10,17H,6,13H2,1H3. The summed E-state index contributed by atoms with van der Waals surface area (Å²) in [5, 5.41) is 14.0. The molecule has 1 aromatic heterocycles. The molecule has 3 N–H and O–H groups in total. The lowest BCUT2D eigenvalue weighted by molar-refractivity contribution is 0.0585. The van der Waals surface area contributed by atoms with E-state index in [0.717, 1.165) is 0 Å². The third-order valence-electron chi connectivity index (χ3n) is 2.56. The Morgan fingerprint density at radius 2 is 2.37 bits per heavy atom. The fourth-order valence-electron chi connectivity index (χ4n) is 1.62. The summed E-state index contributed by atoms with van der Waals surface area (Å²) in [6.45, 7) is 0.174. The summed E-state index contributed by atoms with van der Waals surface area (Å²) in [6, 6.07) is 6.94. The molecule has 2 rings (SSSR count).